The van der Waals surface area contributed by atoms with Crippen LogP contribution in [0.5, 0.6) is 5.88 Å². The second-order valence-electron chi connectivity index (χ2n) is 6.73. The normalized spacial score (nSPS) is 18.8. The van der Waals surface area contributed by atoms with Crippen molar-refractivity contribution in [3.05, 3.63) is 68.9 Å². The van der Waals surface area contributed by atoms with Crippen LogP contribution < -0.4 is 5.56 Å². The van der Waals surface area contributed by atoms with Gasteiger partial charge in [0.1, 0.15) is 0 Å². The monoisotopic (exact) mass is 460 g/mol. The Balaban J connectivity index is 1.90. The van der Waals surface area contributed by atoms with Gasteiger partial charge in [0.25, 0.3) is 5.56 Å². The molecule has 0 saturated carbocycles. The lowest BCUT2D eigenvalue weighted by Crippen LogP contribution is -2.20. The minimum Gasteiger partial charge on any atom is -0.494 e. The molecule has 144 valence electrons. The smallest absolute Gasteiger partial charge is 0.265 e. The molecule has 6 nitrogen and oxygen atoms in total. The summed E-state index contributed by atoms with van der Waals surface area (Å²) >= 11 is 3.36. The zero-order valence-electron chi connectivity index (χ0n) is 14.7. The van der Waals surface area contributed by atoms with E-state index in [-0.39, 0.29) is 29.0 Å². The summed E-state index contributed by atoms with van der Waals surface area (Å²) in [4.78, 5) is 17.4. The molecule has 1 aliphatic heterocycles. The highest BCUT2D eigenvalue weighted by Crippen LogP contribution is 2.27. The molecular formula is C20H17BrN2O4S. The Morgan fingerprint density at radius 1 is 1.11 bits per heavy atom. The molecule has 1 aromatic heterocycles. The van der Waals surface area contributed by atoms with E-state index < -0.39 is 9.84 Å². The summed E-state index contributed by atoms with van der Waals surface area (Å²) in [5.74, 6) is -0.0927. The average Bonchev–Trinajstić information content (AvgIpc) is 3.02. The Labute approximate surface area is 170 Å². The molecule has 8 heteroatoms. The highest BCUT2D eigenvalue weighted by molar-refractivity contribution is 9.10. The lowest BCUT2D eigenvalue weighted by Gasteiger charge is -2.14. The SMILES string of the molecule is O=c1c2ccccc2c(C=N[C@H]2CCS(=O)(=O)C2)c(O)n1-c1ccc(Br)cc1. The van der Waals surface area contributed by atoms with Crippen LogP contribution in [0.3, 0.4) is 0 Å². The number of pyridine rings is 1. The first-order valence-electron chi connectivity index (χ1n) is 8.72. The Morgan fingerprint density at radius 2 is 1.79 bits per heavy atom. The van der Waals surface area contributed by atoms with Crippen molar-refractivity contribution in [2.45, 2.75) is 12.5 Å². The number of hydrogen-bond donors (Lipinski definition) is 1. The van der Waals surface area contributed by atoms with Gasteiger partial charge < -0.3 is 5.11 Å². The van der Waals surface area contributed by atoms with Crippen LogP contribution in [-0.4, -0.2) is 41.9 Å². The minimum absolute atomic E-state index is 0.00848. The van der Waals surface area contributed by atoms with E-state index in [0.29, 0.717) is 28.4 Å². The molecule has 0 amide bonds. The van der Waals surface area contributed by atoms with Crippen LogP contribution in [-0.2, 0) is 9.84 Å². The molecule has 1 N–H and O–H groups in total. The predicted molar refractivity (Wildman–Crippen MR) is 114 cm³/mol. The molecule has 0 radical (unpaired) electrons. The summed E-state index contributed by atoms with van der Waals surface area (Å²) in [5.41, 5.74) is 0.577. The van der Waals surface area contributed by atoms with Gasteiger partial charge in [-0.3, -0.25) is 9.79 Å². The third-order valence-electron chi connectivity index (χ3n) is 4.81. The van der Waals surface area contributed by atoms with Crippen LogP contribution in [0.1, 0.15) is 12.0 Å². The minimum atomic E-state index is -3.05. The van der Waals surface area contributed by atoms with Crippen LogP contribution in [0.15, 0.2) is 62.8 Å². The van der Waals surface area contributed by atoms with Gasteiger partial charge in [-0.2, -0.15) is 0 Å². The molecule has 0 bridgehead atoms. The predicted octanol–water partition coefficient (Wildman–Crippen LogP) is 3.06. The molecule has 1 saturated heterocycles. The van der Waals surface area contributed by atoms with E-state index in [1.54, 1.807) is 48.5 Å². The number of rotatable bonds is 3. The van der Waals surface area contributed by atoms with Gasteiger partial charge in [-0.1, -0.05) is 34.1 Å². The van der Waals surface area contributed by atoms with E-state index in [9.17, 15) is 18.3 Å². The number of halogens is 1. The van der Waals surface area contributed by atoms with Crippen LogP contribution >= 0.6 is 15.9 Å². The van der Waals surface area contributed by atoms with Crippen molar-refractivity contribution in [3.8, 4) is 11.6 Å². The van der Waals surface area contributed by atoms with Crippen molar-refractivity contribution in [2.75, 3.05) is 11.5 Å². The van der Waals surface area contributed by atoms with Crippen molar-refractivity contribution < 1.29 is 13.5 Å². The number of aromatic hydroxyl groups is 1. The summed E-state index contributed by atoms with van der Waals surface area (Å²) in [6.45, 7) is 0. The first kappa shape index (κ1) is 18.9. The Morgan fingerprint density at radius 3 is 2.43 bits per heavy atom. The van der Waals surface area contributed by atoms with Gasteiger partial charge in [0, 0.05) is 21.5 Å². The molecule has 0 spiro atoms. The highest BCUT2D eigenvalue weighted by Gasteiger charge is 2.27. The molecule has 2 aromatic carbocycles. The van der Waals surface area contributed by atoms with Gasteiger partial charge in [0.05, 0.1) is 28.8 Å². The number of nitrogens with zero attached hydrogens (tertiary/aromatic N) is 2. The van der Waals surface area contributed by atoms with Crippen molar-refractivity contribution in [2.24, 2.45) is 4.99 Å². The van der Waals surface area contributed by atoms with Gasteiger partial charge in [-0.25, -0.2) is 13.0 Å². The van der Waals surface area contributed by atoms with Gasteiger partial charge >= 0.3 is 0 Å². The summed E-state index contributed by atoms with van der Waals surface area (Å²) in [7, 11) is -3.05. The zero-order chi connectivity index (χ0) is 19.9. The van der Waals surface area contributed by atoms with Crippen LogP contribution in [0.4, 0.5) is 0 Å². The lowest BCUT2D eigenvalue weighted by atomic mass is 10.1. The second kappa shape index (κ2) is 7.18. The highest BCUT2D eigenvalue weighted by atomic mass is 79.9. The third-order valence-corrected chi connectivity index (χ3v) is 7.09. The summed E-state index contributed by atoms with van der Waals surface area (Å²) in [6, 6.07) is 13.7. The molecule has 3 aromatic rings. The van der Waals surface area contributed by atoms with Crippen molar-refractivity contribution in [3.63, 3.8) is 0 Å². The number of aromatic nitrogens is 1. The van der Waals surface area contributed by atoms with E-state index in [1.807, 2.05) is 0 Å². The van der Waals surface area contributed by atoms with E-state index in [2.05, 4.69) is 20.9 Å². The van der Waals surface area contributed by atoms with Gasteiger partial charge in [0.2, 0.25) is 5.88 Å². The first-order valence-corrected chi connectivity index (χ1v) is 11.3. The third kappa shape index (κ3) is 3.49. The molecule has 1 aliphatic rings. The fourth-order valence-electron chi connectivity index (χ4n) is 3.39. The average molecular weight is 461 g/mol. The van der Waals surface area contributed by atoms with E-state index >= 15 is 0 Å². The second-order valence-corrected chi connectivity index (χ2v) is 9.88. The van der Waals surface area contributed by atoms with Crippen LogP contribution in [0.2, 0.25) is 0 Å². The lowest BCUT2D eigenvalue weighted by molar-refractivity contribution is 0.436. The fraction of sp³-hybridized carbons (Fsp3) is 0.200. The topological polar surface area (TPSA) is 88.7 Å². The molecule has 0 unspecified atom stereocenters. The van der Waals surface area contributed by atoms with E-state index in [4.69, 9.17) is 0 Å². The number of sulfone groups is 1. The maximum absolute atomic E-state index is 13.0. The fourth-order valence-corrected chi connectivity index (χ4v) is 5.29. The quantitative estimate of drug-likeness (QED) is 0.608. The van der Waals surface area contributed by atoms with E-state index in [1.165, 1.54) is 10.8 Å². The molecule has 4 rings (SSSR count). The summed E-state index contributed by atoms with van der Waals surface area (Å²) in [5, 5.41) is 11.9. The van der Waals surface area contributed by atoms with Crippen molar-refractivity contribution in [1.29, 1.82) is 0 Å². The summed E-state index contributed by atoms with van der Waals surface area (Å²) in [6.07, 6.45) is 1.95. The Bertz CT molecular complexity index is 1250. The number of aliphatic imine (C=N–C) groups is 1. The van der Waals surface area contributed by atoms with Crippen molar-refractivity contribution in [1.82, 2.24) is 4.57 Å². The van der Waals surface area contributed by atoms with Gasteiger partial charge in [0.15, 0.2) is 9.84 Å². The molecule has 28 heavy (non-hydrogen) atoms. The maximum atomic E-state index is 13.0. The van der Waals surface area contributed by atoms with Crippen molar-refractivity contribution >= 4 is 42.8 Å². The van der Waals surface area contributed by atoms with Gasteiger partial charge in [-0.15, -0.1) is 0 Å². The Kier molecular flexibility index (Phi) is 4.84. The number of hydrogen-bond acceptors (Lipinski definition) is 5. The molecule has 1 atom stereocenters. The molecule has 2 heterocycles. The van der Waals surface area contributed by atoms with Gasteiger partial charge in [-0.05, 0) is 36.8 Å². The standard InChI is InChI=1S/C20H17BrN2O4S/c21-13-5-7-15(8-6-13)23-19(24)17-4-2-1-3-16(17)18(20(23)25)11-22-14-9-10-28(26,27)12-14/h1-8,11,14,25H,9-10,12H2/t14-/m0/s1. The van der Waals surface area contributed by atoms with Crippen LogP contribution in [0, 0.1) is 0 Å². The van der Waals surface area contributed by atoms with E-state index in [0.717, 1.165) is 4.47 Å². The molecule has 1 fully saturated rings. The maximum Gasteiger partial charge on any atom is 0.265 e. The Hall–Kier alpha value is -2.45. The zero-order valence-corrected chi connectivity index (χ0v) is 17.1. The largest absolute Gasteiger partial charge is 0.494 e. The van der Waals surface area contributed by atoms with Crippen LogP contribution in [0.25, 0.3) is 16.5 Å². The number of fused-ring (bicyclic) bond motifs is 1. The number of benzene rings is 2. The first-order chi connectivity index (χ1) is 13.4. The molecular weight excluding hydrogens is 444 g/mol. The molecule has 0 aliphatic carbocycles. The summed E-state index contributed by atoms with van der Waals surface area (Å²) < 4.78 is 25.4.